The Morgan fingerprint density at radius 1 is 1.18 bits per heavy atom. The minimum Gasteiger partial charge on any atom is -0.479 e. The number of nitrogen functional groups attached to an aromatic ring is 1. The summed E-state index contributed by atoms with van der Waals surface area (Å²) in [5.41, 5.74) is 6.82. The summed E-state index contributed by atoms with van der Waals surface area (Å²) in [6.45, 7) is -0.0347. The monoisotopic (exact) mass is 638 g/mol. The highest BCUT2D eigenvalue weighted by Gasteiger charge is 2.37. The highest BCUT2D eigenvalue weighted by atomic mass is 79.9. The SMILES string of the molecule is COC(=O)C[C@H](NP(=O)(OC[C@@H]1C=C[C@H](n2cnc3c(OC)nc(N)nc32)C1)Oc1ccc(Br)cc1)C(=O)OC. The fourth-order valence-corrected chi connectivity index (χ4v) is 5.87. The number of aromatic nitrogens is 4. The molecule has 1 aliphatic rings. The van der Waals surface area contributed by atoms with Gasteiger partial charge in [0, 0.05) is 10.4 Å². The topological polar surface area (TPSA) is 179 Å². The summed E-state index contributed by atoms with van der Waals surface area (Å²) in [6.07, 6.45) is 5.58. The lowest BCUT2D eigenvalue weighted by Crippen LogP contribution is -2.39. The number of carbonyl (C=O) groups is 2. The van der Waals surface area contributed by atoms with Crippen LogP contribution in [0.2, 0.25) is 0 Å². The molecule has 214 valence electrons. The zero-order valence-electron chi connectivity index (χ0n) is 21.9. The number of allylic oxidation sites excluding steroid dienone is 1. The van der Waals surface area contributed by atoms with Crippen molar-refractivity contribution in [3.05, 3.63) is 47.2 Å². The first-order valence-electron chi connectivity index (χ1n) is 12.0. The van der Waals surface area contributed by atoms with Crippen molar-refractivity contribution in [3.8, 4) is 11.6 Å². The van der Waals surface area contributed by atoms with E-state index in [1.165, 1.54) is 14.2 Å². The molecule has 1 aromatic carbocycles. The third-order valence-electron chi connectivity index (χ3n) is 6.00. The van der Waals surface area contributed by atoms with Gasteiger partial charge in [-0.3, -0.25) is 14.1 Å². The number of hydrogen-bond donors (Lipinski definition) is 2. The third kappa shape index (κ3) is 6.97. The first kappa shape index (κ1) is 29.5. The number of imidazole rings is 1. The highest BCUT2D eigenvalue weighted by Crippen LogP contribution is 2.47. The number of nitrogens with one attached hydrogen (secondary N) is 1. The van der Waals surface area contributed by atoms with E-state index in [1.807, 2.05) is 16.7 Å². The van der Waals surface area contributed by atoms with E-state index < -0.39 is 32.1 Å². The lowest BCUT2D eigenvalue weighted by atomic mass is 10.1. The van der Waals surface area contributed by atoms with Crippen LogP contribution in [-0.4, -0.2) is 65.4 Å². The maximum Gasteiger partial charge on any atom is 0.459 e. The van der Waals surface area contributed by atoms with Gasteiger partial charge in [-0.05, 0) is 30.7 Å². The molecular formula is C24H28BrN6O8P. The van der Waals surface area contributed by atoms with Crippen LogP contribution in [0.1, 0.15) is 18.9 Å². The zero-order chi connectivity index (χ0) is 28.9. The number of carbonyl (C=O) groups excluding carboxylic acids is 2. The molecule has 1 aliphatic carbocycles. The van der Waals surface area contributed by atoms with E-state index in [9.17, 15) is 14.2 Å². The van der Waals surface area contributed by atoms with Crippen LogP contribution in [-0.2, 0) is 28.2 Å². The molecule has 14 nitrogen and oxygen atoms in total. The lowest BCUT2D eigenvalue weighted by molar-refractivity contribution is -0.149. The number of esters is 2. The van der Waals surface area contributed by atoms with Gasteiger partial charge in [0.25, 0.3) is 0 Å². The van der Waals surface area contributed by atoms with Crippen molar-refractivity contribution in [2.75, 3.05) is 33.7 Å². The summed E-state index contributed by atoms with van der Waals surface area (Å²) in [5, 5.41) is 2.56. The number of methoxy groups -OCH3 is 3. The second kappa shape index (κ2) is 12.8. The molecular weight excluding hydrogens is 611 g/mol. The second-order valence-electron chi connectivity index (χ2n) is 8.69. The van der Waals surface area contributed by atoms with E-state index >= 15 is 0 Å². The average Bonchev–Trinajstić information content (AvgIpc) is 3.59. The maximum absolute atomic E-state index is 13.9. The van der Waals surface area contributed by atoms with Crippen molar-refractivity contribution in [1.29, 1.82) is 0 Å². The molecule has 0 saturated carbocycles. The van der Waals surface area contributed by atoms with Gasteiger partial charge in [-0.2, -0.15) is 15.1 Å². The van der Waals surface area contributed by atoms with Crippen LogP contribution in [0.15, 0.2) is 47.2 Å². The quantitative estimate of drug-likeness (QED) is 0.168. The van der Waals surface area contributed by atoms with Crippen LogP contribution in [0.4, 0.5) is 5.95 Å². The number of ether oxygens (including phenoxy) is 3. The van der Waals surface area contributed by atoms with Crippen molar-refractivity contribution in [3.63, 3.8) is 0 Å². The molecule has 0 amide bonds. The van der Waals surface area contributed by atoms with E-state index in [2.05, 4.69) is 40.7 Å². The predicted molar refractivity (Wildman–Crippen MR) is 146 cm³/mol. The van der Waals surface area contributed by atoms with Crippen molar-refractivity contribution in [1.82, 2.24) is 24.6 Å². The molecule has 2 heterocycles. The molecule has 3 N–H and O–H groups in total. The third-order valence-corrected chi connectivity index (χ3v) is 8.10. The molecule has 2 aromatic heterocycles. The Bertz CT molecular complexity index is 1450. The first-order chi connectivity index (χ1) is 19.1. The van der Waals surface area contributed by atoms with Crippen molar-refractivity contribution in [2.45, 2.75) is 24.9 Å². The fraction of sp³-hybridized carbons (Fsp3) is 0.375. The van der Waals surface area contributed by atoms with E-state index in [-0.39, 0.29) is 36.1 Å². The number of rotatable bonds is 12. The largest absolute Gasteiger partial charge is 0.479 e. The summed E-state index contributed by atoms with van der Waals surface area (Å²) >= 11 is 3.33. The van der Waals surface area contributed by atoms with Gasteiger partial charge in [-0.15, -0.1) is 0 Å². The Hall–Kier alpha value is -3.52. The standard InChI is InChI=1S/C24H28BrN6O8P/c1-35-19(32)11-18(23(33)37-3)30-40(34,39-17-8-5-15(25)6-9-17)38-12-14-4-7-16(10-14)31-13-27-20-21(31)28-24(26)29-22(20)36-2/h4-9,13-14,16,18H,10-12H2,1-3H3,(H,30,34)(H2,26,28,29)/t14-,16+,18+,40?/m1/s1. The van der Waals surface area contributed by atoms with Gasteiger partial charge < -0.3 is 29.0 Å². The summed E-state index contributed by atoms with van der Waals surface area (Å²) in [4.78, 5) is 37.0. The average molecular weight is 639 g/mol. The Morgan fingerprint density at radius 3 is 2.60 bits per heavy atom. The zero-order valence-corrected chi connectivity index (χ0v) is 24.3. The summed E-state index contributed by atoms with van der Waals surface area (Å²) in [6, 6.07) is 5.04. The van der Waals surface area contributed by atoms with E-state index in [0.717, 1.165) is 11.6 Å². The first-order valence-corrected chi connectivity index (χ1v) is 14.3. The normalized spacial score (nSPS) is 18.7. The molecule has 40 heavy (non-hydrogen) atoms. The van der Waals surface area contributed by atoms with Crippen LogP contribution in [0.3, 0.4) is 0 Å². The van der Waals surface area contributed by atoms with Crippen molar-refractivity contribution in [2.24, 2.45) is 5.92 Å². The second-order valence-corrected chi connectivity index (χ2v) is 11.3. The number of anilines is 1. The van der Waals surface area contributed by atoms with Gasteiger partial charge in [0.1, 0.15) is 11.8 Å². The number of nitrogens with zero attached hydrogens (tertiary/aromatic N) is 4. The molecule has 0 fully saturated rings. The van der Waals surface area contributed by atoms with Gasteiger partial charge >= 0.3 is 19.7 Å². The molecule has 4 rings (SSSR count). The molecule has 16 heteroatoms. The minimum absolute atomic E-state index is 0.0347. The summed E-state index contributed by atoms with van der Waals surface area (Å²) < 4.78 is 42.7. The van der Waals surface area contributed by atoms with Crippen LogP contribution in [0, 0.1) is 5.92 Å². The van der Waals surface area contributed by atoms with Gasteiger partial charge in [0.2, 0.25) is 11.8 Å². The van der Waals surface area contributed by atoms with Crippen LogP contribution < -0.4 is 20.1 Å². The molecule has 0 radical (unpaired) electrons. The minimum atomic E-state index is -4.22. The van der Waals surface area contributed by atoms with Crippen LogP contribution >= 0.6 is 23.7 Å². The number of fused-ring (bicyclic) bond motifs is 1. The Labute approximate surface area is 237 Å². The number of halogens is 1. The fourth-order valence-electron chi connectivity index (χ4n) is 4.06. The molecule has 1 unspecified atom stereocenters. The van der Waals surface area contributed by atoms with Crippen molar-refractivity contribution < 1.29 is 37.4 Å². The smallest absolute Gasteiger partial charge is 0.459 e. The van der Waals surface area contributed by atoms with E-state index in [4.69, 9.17) is 24.3 Å². The van der Waals surface area contributed by atoms with Crippen LogP contribution in [0.5, 0.6) is 11.6 Å². The van der Waals surface area contributed by atoms with Crippen LogP contribution in [0.25, 0.3) is 11.2 Å². The number of benzene rings is 1. The summed E-state index contributed by atoms with van der Waals surface area (Å²) in [7, 11) is -0.421. The Kier molecular flexibility index (Phi) is 9.40. The van der Waals surface area contributed by atoms with E-state index in [1.54, 1.807) is 30.6 Å². The Morgan fingerprint density at radius 2 is 1.93 bits per heavy atom. The Balaban J connectivity index is 1.51. The van der Waals surface area contributed by atoms with Gasteiger partial charge in [-0.1, -0.05) is 28.1 Å². The van der Waals surface area contributed by atoms with Gasteiger partial charge in [0.05, 0.1) is 46.7 Å². The predicted octanol–water partition coefficient (Wildman–Crippen LogP) is 3.19. The molecule has 0 bridgehead atoms. The van der Waals surface area contributed by atoms with Crippen molar-refractivity contribution >= 4 is 52.7 Å². The van der Waals surface area contributed by atoms with E-state index in [0.29, 0.717) is 17.6 Å². The molecule has 0 spiro atoms. The maximum atomic E-state index is 13.9. The number of hydrogen-bond acceptors (Lipinski definition) is 12. The highest BCUT2D eigenvalue weighted by molar-refractivity contribution is 9.10. The molecule has 3 aromatic rings. The number of nitrogens with two attached hydrogens (primary N) is 1. The van der Waals surface area contributed by atoms with Gasteiger partial charge in [0.15, 0.2) is 11.2 Å². The molecule has 0 saturated heterocycles. The summed E-state index contributed by atoms with van der Waals surface area (Å²) in [5.74, 6) is -1.20. The lowest BCUT2D eigenvalue weighted by Gasteiger charge is -2.25. The van der Waals surface area contributed by atoms with Gasteiger partial charge in [-0.25, -0.2) is 9.55 Å². The molecule has 4 atom stereocenters. The molecule has 0 aliphatic heterocycles.